The number of hydrogen-bond donors (Lipinski definition) is 1. The maximum Gasteiger partial charge on any atom is 0.246 e. The van der Waals surface area contributed by atoms with Crippen LogP contribution in [0.15, 0.2) is 60.7 Å². The van der Waals surface area contributed by atoms with Crippen molar-refractivity contribution in [3.63, 3.8) is 0 Å². The Bertz CT molecular complexity index is 1650. The molecule has 1 saturated heterocycles. The molecule has 0 spiro atoms. The molecule has 0 aliphatic carbocycles. The van der Waals surface area contributed by atoms with Gasteiger partial charge in [-0.25, -0.2) is 0 Å². The second-order valence-electron chi connectivity index (χ2n) is 10.2. The van der Waals surface area contributed by atoms with Gasteiger partial charge in [0.25, 0.3) is 0 Å². The summed E-state index contributed by atoms with van der Waals surface area (Å²) in [6.45, 7) is 2.91. The molecule has 7 rings (SSSR count). The standard InChI is InChI=1S/C31H29N3O6/c1-3-38-24-11-9-19(13-26(24)37-2)30-29-21(20-6-4-5-7-22(20)32-29)14-23-31(36)33(16-28(35)34(23)30)15-18-8-10-25-27(12-18)40-17-39-25/h4-13,23,30,32H,3,14-17H2,1-2H3/t23-,30-/m0/s1. The number of benzene rings is 3. The monoisotopic (exact) mass is 539 g/mol. The van der Waals surface area contributed by atoms with Crippen LogP contribution in [0.25, 0.3) is 10.9 Å². The highest BCUT2D eigenvalue weighted by atomic mass is 16.7. The topological polar surface area (TPSA) is 93.3 Å². The van der Waals surface area contributed by atoms with Crippen LogP contribution in [0.5, 0.6) is 23.0 Å². The van der Waals surface area contributed by atoms with Crippen LogP contribution in [0, 0.1) is 0 Å². The third kappa shape index (κ3) is 3.84. The molecule has 204 valence electrons. The van der Waals surface area contributed by atoms with Crippen LogP contribution in [0.1, 0.15) is 35.3 Å². The third-order valence-corrected chi connectivity index (χ3v) is 7.96. The minimum Gasteiger partial charge on any atom is -0.493 e. The minimum absolute atomic E-state index is 0.00992. The SMILES string of the molecule is CCOc1ccc([C@H]2c3[nH]c4ccccc4c3C[C@H]3C(=O)N(Cc4ccc5c(c4)OCO5)CC(=O)N23)cc1OC. The number of ether oxygens (including phenoxy) is 4. The highest BCUT2D eigenvalue weighted by Crippen LogP contribution is 2.44. The van der Waals surface area contributed by atoms with E-state index >= 15 is 0 Å². The normalized spacial score (nSPS) is 19.6. The Hall–Kier alpha value is -4.66. The van der Waals surface area contributed by atoms with Crippen LogP contribution in [0.3, 0.4) is 0 Å². The lowest BCUT2D eigenvalue weighted by Gasteiger charge is -2.47. The first-order valence-electron chi connectivity index (χ1n) is 13.4. The number of nitrogens with one attached hydrogen (secondary N) is 1. The number of methoxy groups -OCH3 is 1. The Kier molecular flexibility index (Phi) is 5.80. The zero-order valence-electron chi connectivity index (χ0n) is 22.3. The minimum atomic E-state index is -0.635. The summed E-state index contributed by atoms with van der Waals surface area (Å²) in [6, 6.07) is 18.3. The summed E-state index contributed by atoms with van der Waals surface area (Å²) in [7, 11) is 1.60. The quantitative estimate of drug-likeness (QED) is 0.395. The Labute approximate surface area is 231 Å². The molecule has 1 N–H and O–H groups in total. The summed E-state index contributed by atoms with van der Waals surface area (Å²) >= 11 is 0. The summed E-state index contributed by atoms with van der Waals surface area (Å²) in [4.78, 5) is 35.0. The molecule has 4 aromatic rings. The fourth-order valence-corrected chi connectivity index (χ4v) is 6.19. The Balaban J connectivity index is 1.30. The first-order chi connectivity index (χ1) is 19.6. The number of H-pyrrole nitrogens is 1. The molecule has 0 saturated carbocycles. The molecule has 0 bridgehead atoms. The van der Waals surface area contributed by atoms with Gasteiger partial charge in [-0.3, -0.25) is 9.59 Å². The molecule has 9 nitrogen and oxygen atoms in total. The average molecular weight is 540 g/mol. The summed E-state index contributed by atoms with van der Waals surface area (Å²) < 4.78 is 22.3. The molecule has 0 unspecified atom stereocenters. The van der Waals surface area contributed by atoms with Gasteiger partial charge in [-0.2, -0.15) is 0 Å². The number of aromatic nitrogens is 1. The highest BCUT2D eigenvalue weighted by Gasteiger charge is 2.48. The summed E-state index contributed by atoms with van der Waals surface area (Å²) in [6.07, 6.45) is 0.437. The van der Waals surface area contributed by atoms with Crippen LogP contribution in [-0.2, 0) is 22.6 Å². The molecule has 3 aliphatic heterocycles. The highest BCUT2D eigenvalue weighted by molar-refractivity contribution is 5.97. The van der Waals surface area contributed by atoms with E-state index in [0.717, 1.165) is 33.3 Å². The molecule has 0 radical (unpaired) electrons. The van der Waals surface area contributed by atoms with E-state index in [9.17, 15) is 9.59 Å². The first kappa shape index (κ1) is 24.4. The number of piperazine rings is 1. The van der Waals surface area contributed by atoms with Gasteiger partial charge in [0.05, 0.1) is 19.8 Å². The number of carbonyl (C=O) groups is 2. The van der Waals surface area contributed by atoms with E-state index in [4.69, 9.17) is 18.9 Å². The van der Waals surface area contributed by atoms with Crippen LogP contribution in [0.2, 0.25) is 0 Å². The molecule has 2 amide bonds. The van der Waals surface area contributed by atoms with Gasteiger partial charge in [-0.05, 0) is 53.9 Å². The first-order valence-corrected chi connectivity index (χ1v) is 13.4. The van der Waals surface area contributed by atoms with Crippen molar-refractivity contribution >= 4 is 22.7 Å². The average Bonchev–Trinajstić information content (AvgIpc) is 3.59. The van der Waals surface area contributed by atoms with E-state index in [2.05, 4.69) is 11.1 Å². The maximum atomic E-state index is 14.1. The van der Waals surface area contributed by atoms with Gasteiger partial charge < -0.3 is 33.7 Å². The zero-order chi connectivity index (χ0) is 27.4. The van der Waals surface area contributed by atoms with Gasteiger partial charge in [-0.15, -0.1) is 0 Å². The Morgan fingerprint density at radius 1 is 1.00 bits per heavy atom. The lowest BCUT2D eigenvalue weighted by Crippen LogP contribution is -2.62. The fourth-order valence-electron chi connectivity index (χ4n) is 6.19. The number of carbonyl (C=O) groups excluding carboxylic acids is 2. The zero-order valence-corrected chi connectivity index (χ0v) is 22.3. The van der Waals surface area contributed by atoms with Gasteiger partial charge in [0.1, 0.15) is 12.6 Å². The van der Waals surface area contributed by atoms with E-state index in [-0.39, 0.29) is 25.2 Å². The van der Waals surface area contributed by atoms with Gasteiger partial charge in [0, 0.05) is 29.6 Å². The number of para-hydroxylation sites is 1. The molecule has 3 aliphatic rings. The predicted molar refractivity (Wildman–Crippen MR) is 147 cm³/mol. The Morgan fingerprint density at radius 3 is 2.70 bits per heavy atom. The lowest BCUT2D eigenvalue weighted by molar-refractivity contribution is -0.159. The molecule has 1 fully saturated rings. The second kappa shape index (κ2) is 9.51. The largest absolute Gasteiger partial charge is 0.493 e. The van der Waals surface area contributed by atoms with E-state index in [1.54, 1.807) is 16.9 Å². The van der Waals surface area contributed by atoms with E-state index in [1.807, 2.05) is 61.5 Å². The van der Waals surface area contributed by atoms with Crippen molar-refractivity contribution in [1.82, 2.24) is 14.8 Å². The van der Waals surface area contributed by atoms with Crippen molar-refractivity contribution in [2.24, 2.45) is 0 Å². The van der Waals surface area contributed by atoms with Crippen LogP contribution in [0.4, 0.5) is 0 Å². The van der Waals surface area contributed by atoms with E-state index in [1.165, 1.54) is 0 Å². The second-order valence-corrected chi connectivity index (χ2v) is 10.2. The van der Waals surface area contributed by atoms with Gasteiger partial charge in [-0.1, -0.05) is 30.3 Å². The van der Waals surface area contributed by atoms with Crippen molar-refractivity contribution in [3.05, 3.63) is 83.0 Å². The Morgan fingerprint density at radius 2 is 1.85 bits per heavy atom. The summed E-state index contributed by atoms with van der Waals surface area (Å²) in [5, 5.41) is 1.06. The van der Waals surface area contributed by atoms with Crippen molar-refractivity contribution in [3.8, 4) is 23.0 Å². The molecule has 2 atom stereocenters. The molecular formula is C31H29N3O6. The van der Waals surface area contributed by atoms with Crippen LogP contribution in [-0.4, -0.2) is 59.7 Å². The van der Waals surface area contributed by atoms with Gasteiger partial charge in [0.15, 0.2) is 23.0 Å². The molecule has 40 heavy (non-hydrogen) atoms. The molecule has 4 heterocycles. The van der Waals surface area contributed by atoms with E-state index < -0.39 is 12.1 Å². The third-order valence-electron chi connectivity index (χ3n) is 7.96. The molecular weight excluding hydrogens is 510 g/mol. The number of aromatic amines is 1. The van der Waals surface area contributed by atoms with Gasteiger partial charge in [0.2, 0.25) is 18.6 Å². The van der Waals surface area contributed by atoms with Crippen molar-refractivity contribution in [1.29, 1.82) is 0 Å². The number of amides is 2. The van der Waals surface area contributed by atoms with Crippen molar-refractivity contribution in [2.75, 3.05) is 27.1 Å². The summed E-state index contributed by atoms with van der Waals surface area (Å²) in [5.74, 6) is 2.38. The molecule has 1 aromatic heterocycles. The lowest BCUT2D eigenvalue weighted by atomic mass is 9.86. The summed E-state index contributed by atoms with van der Waals surface area (Å²) in [5.41, 5.74) is 4.69. The number of fused-ring (bicyclic) bond motifs is 5. The van der Waals surface area contributed by atoms with Crippen LogP contribution >= 0.6 is 0 Å². The van der Waals surface area contributed by atoms with Crippen molar-refractivity contribution in [2.45, 2.75) is 32.0 Å². The molecule has 9 heteroatoms. The smallest absolute Gasteiger partial charge is 0.246 e. The predicted octanol–water partition coefficient (Wildman–Crippen LogP) is 4.19. The number of hydrogen-bond acceptors (Lipinski definition) is 6. The van der Waals surface area contributed by atoms with Crippen LogP contribution < -0.4 is 18.9 Å². The van der Waals surface area contributed by atoms with Gasteiger partial charge >= 0.3 is 0 Å². The van der Waals surface area contributed by atoms with Crippen molar-refractivity contribution < 1.29 is 28.5 Å². The van der Waals surface area contributed by atoms with E-state index in [0.29, 0.717) is 42.6 Å². The maximum absolute atomic E-state index is 14.1. The number of rotatable bonds is 6. The fraction of sp³-hybridized carbons (Fsp3) is 0.290. The molecule has 3 aromatic carbocycles. The number of nitrogens with zero attached hydrogens (tertiary/aromatic N) is 2.